The fraction of sp³-hybridized carbons (Fsp3) is 0.308. The van der Waals surface area contributed by atoms with Gasteiger partial charge >= 0.3 is 0 Å². The third kappa shape index (κ3) is 2.46. The number of hydrogen-bond donors (Lipinski definition) is 1. The van der Waals surface area contributed by atoms with Crippen molar-refractivity contribution in [2.45, 2.75) is 20.3 Å². The van der Waals surface area contributed by atoms with E-state index in [0.717, 1.165) is 0 Å². The molecule has 0 fully saturated rings. The van der Waals surface area contributed by atoms with Gasteiger partial charge in [-0.25, -0.2) is 0 Å². The molecule has 1 aromatic rings. The average molecular weight is 281 g/mol. The van der Waals surface area contributed by atoms with E-state index in [-0.39, 0.29) is 24.0 Å². The van der Waals surface area contributed by atoms with Gasteiger partial charge < -0.3 is 10.2 Å². The van der Waals surface area contributed by atoms with Crippen molar-refractivity contribution >= 4 is 40.6 Å². The molecule has 0 aliphatic carbocycles. The standard InChI is InChI=1S/C13H13ClN2O3/c1-7(17)15-10-4-3-9(14)13-12(10)11(19)5-6-16(13)8(2)18/h3-4H,5-6H2,1-2H3,(H,15,17). The SMILES string of the molecule is CC(=O)Nc1ccc(Cl)c2c1C(=O)CCN2C(C)=O. The van der Waals surface area contributed by atoms with Gasteiger partial charge in [0.2, 0.25) is 11.8 Å². The minimum Gasteiger partial charge on any atom is -0.326 e. The molecule has 0 bridgehead atoms. The molecule has 0 spiro atoms. The van der Waals surface area contributed by atoms with Gasteiger partial charge in [-0.05, 0) is 12.1 Å². The van der Waals surface area contributed by atoms with Crippen molar-refractivity contribution in [3.63, 3.8) is 0 Å². The molecule has 1 aliphatic heterocycles. The number of benzene rings is 1. The van der Waals surface area contributed by atoms with Gasteiger partial charge in [0, 0.05) is 26.8 Å². The van der Waals surface area contributed by atoms with Crippen LogP contribution in [-0.4, -0.2) is 24.1 Å². The number of rotatable bonds is 1. The second-order valence-electron chi connectivity index (χ2n) is 4.34. The molecule has 0 saturated carbocycles. The molecule has 1 aromatic carbocycles. The Morgan fingerprint density at radius 3 is 2.58 bits per heavy atom. The van der Waals surface area contributed by atoms with E-state index in [2.05, 4.69) is 5.32 Å². The highest BCUT2D eigenvalue weighted by molar-refractivity contribution is 6.35. The van der Waals surface area contributed by atoms with Gasteiger partial charge in [-0.1, -0.05) is 11.6 Å². The summed E-state index contributed by atoms with van der Waals surface area (Å²) in [5.74, 6) is -0.591. The summed E-state index contributed by atoms with van der Waals surface area (Å²) < 4.78 is 0. The van der Waals surface area contributed by atoms with Crippen molar-refractivity contribution in [1.29, 1.82) is 0 Å². The fourth-order valence-corrected chi connectivity index (χ4v) is 2.43. The largest absolute Gasteiger partial charge is 0.326 e. The minimum atomic E-state index is -0.280. The van der Waals surface area contributed by atoms with E-state index in [1.54, 1.807) is 12.1 Å². The monoisotopic (exact) mass is 280 g/mol. The van der Waals surface area contributed by atoms with Crippen molar-refractivity contribution in [2.75, 3.05) is 16.8 Å². The molecule has 19 heavy (non-hydrogen) atoms. The first-order valence-electron chi connectivity index (χ1n) is 5.83. The number of carbonyl (C=O) groups is 3. The summed E-state index contributed by atoms with van der Waals surface area (Å²) in [5, 5.41) is 2.92. The van der Waals surface area contributed by atoms with Gasteiger partial charge in [0.25, 0.3) is 0 Å². The number of anilines is 2. The molecule has 0 aromatic heterocycles. The minimum absolute atomic E-state index is 0.126. The Morgan fingerprint density at radius 2 is 2.00 bits per heavy atom. The first kappa shape index (κ1) is 13.5. The van der Waals surface area contributed by atoms with E-state index in [0.29, 0.717) is 28.5 Å². The second kappa shape index (κ2) is 5.01. The Morgan fingerprint density at radius 1 is 1.32 bits per heavy atom. The molecule has 0 radical (unpaired) electrons. The Kier molecular flexibility index (Phi) is 3.57. The third-order valence-electron chi connectivity index (χ3n) is 2.93. The highest BCUT2D eigenvalue weighted by Gasteiger charge is 2.30. The van der Waals surface area contributed by atoms with Crippen LogP contribution in [0.2, 0.25) is 5.02 Å². The lowest BCUT2D eigenvalue weighted by molar-refractivity contribution is -0.116. The van der Waals surface area contributed by atoms with Gasteiger partial charge in [-0.3, -0.25) is 14.4 Å². The number of halogens is 1. The molecule has 1 heterocycles. The first-order chi connectivity index (χ1) is 8.91. The van der Waals surface area contributed by atoms with Gasteiger partial charge in [0.05, 0.1) is 22.0 Å². The molecule has 5 nitrogen and oxygen atoms in total. The Balaban J connectivity index is 2.64. The zero-order valence-corrected chi connectivity index (χ0v) is 11.4. The number of nitrogens with zero attached hydrogens (tertiary/aromatic N) is 1. The smallest absolute Gasteiger partial charge is 0.223 e. The van der Waals surface area contributed by atoms with Crippen molar-refractivity contribution in [2.24, 2.45) is 0 Å². The van der Waals surface area contributed by atoms with Crippen LogP contribution in [0.25, 0.3) is 0 Å². The molecule has 100 valence electrons. The summed E-state index contributed by atoms with van der Waals surface area (Å²) >= 11 is 6.10. The number of fused-ring (bicyclic) bond motifs is 1. The van der Waals surface area contributed by atoms with Crippen LogP contribution in [0.15, 0.2) is 12.1 Å². The summed E-state index contributed by atoms with van der Waals surface area (Å²) in [4.78, 5) is 36.3. The van der Waals surface area contributed by atoms with Gasteiger partial charge in [0.15, 0.2) is 5.78 Å². The fourth-order valence-electron chi connectivity index (χ4n) is 2.17. The Bertz CT molecular complexity index is 583. The predicted octanol–water partition coefficient (Wildman–Crippen LogP) is 2.24. The molecular formula is C13H13ClN2O3. The quantitative estimate of drug-likeness (QED) is 0.858. The normalized spacial score (nSPS) is 14.1. The molecule has 2 amide bonds. The van der Waals surface area contributed by atoms with Crippen molar-refractivity contribution < 1.29 is 14.4 Å². The van der Waals surface area contributed by atoms with Crippen LogP contribution in [0, 0.1) is 0 Å². The highest BCUT2D eigenvalue weighted by atomic mass is 35.5. The molecule has 6 heteroatoms. The van der Waals surface area contributed by atoms with Gasteiger partial charge in [-0.15, -0.1) is 0 Å². The lowest BCUT2D eigenvalue weighted by Gasteiger charge is -2.30. The van der Waals surface area contributed by atoms with Gasteiger partial charge in [0.1, 0.15) is 0 Å². The maximum absolute atomic E-state index is 12.1. The average Bonchev–Trinajstić information content (AvgIpc) is 2.32. The summed E-state index contributed by atoms with van der Waals surface area (Å²) in [5.41, 5.74) is 1.09. The van der Waals surface area contributed by atoms with Crippen LogP contribution in [0.1, 0.15) is 30.6 Å². The Hall–Kier alpha value is -1.88. The number of Topliss-reactive ketones (excluding diaryl/α,β-unsaturated/α-hetero) is 1. The lowest BCUT2D eigenvalue weighted by atomic mass is 9.98. The highest BCUT2D eigenvalue weighted by Crippen LogP contribution is 2.38. The number of amides is 2. The van der Waals surface area contributed by atoms with Crippen molar-refractivity contribution in [3.8, 4) is 0 Å². The van der Waals surface area contributed by atoms with Crippen LogP contribution in [0.4, 0.5) is 11.4 Å². The lowest BCUT2D eigenvalue weighted by Crippen LogP contribution is -2.36. The molecule has 0 unspecified atom stereocenters. The van der Waals surface area contributed by atoms with E-state index >= 15 is 0 Å². The molecule has 0 atom stereocenters. The summed E-state index contributed by atoms with van der Waals surface area (Å²) in [6, 6.07) is 3.14. The third-order valence-corrected chi connectivity index (χ3v) is 3.24. The van der Waals surface area contributed by atoms with Crippen molar-refractivity contribution in [1.82, 2.24) is 0 Å². The molecule has 2 rings (SSSR count). The van der Waals surface area contributed by atoms with Crippen molar-refractivity contribution in [3.05, 3.63) is 22.7 Å². The second-order valence-corrected chi connectivity index (χ2v) is 4.75. The van der Waals surface area contributed by atoms with E-state index < -0.39 is 0 Å². The van der Waals surface area contributed by atoms with E-state index in [1.165, 1.54) is 18.7 Å². The topological polar surface area (TPSA) is 66.5 Å². The summed E-state index contributed by atoms with van der Waals surface area (Å²) in [7, 11) is 0. The number of ketones is 1. The van der Waals surface area contributed by atoms with Crippen LogP contribution in [0.5, 0.6) is 0 Å². The Labute approximate surface area is 115 Å². The van der Waals surface area contributed by atoms with Crippen LogP contribution < -0.4 is 10.2 Å². The van der Waals surface area contributed by atoms with Gasteiger partial charge in [-0.2, -0.15) is 0 Å². The zero-order chi connectivity index (χ0) is 14.2. The van der Waals surface area contributed by atoms with Crippen LogP contribution in [-0.2, 0) is 9.59 Å². The first-order valence-corrected chi connectivity index (χ1v) is 6.21. The van der Waals surface area contributed by atoms with E-state index in [4.69, 9.17) is 11.6 Å². The van der Waals surface area contributed by atoms with Crippen LogP contribution in [0.3, 0.4) is 0 Å². The molecule has 1 N–H and O–H groups in total. The summed E-state index contributed by atoms with van der Waals surface area (Å²) in [6.07, 6.45) is 0.222. The predicted molar refractivity (Wildman–Crippen MR) is 72.7 cm³/mol. The maximum atomic E-state index is 12.1. The summed E-state index contributed by atoms with van der Waals surface area (Å²) in [6.45, 7) is 3.09. The zero-order valence-electron chi connectivity index (χ0n) is 10.6. The molecular weight excluding hydrogens is 268 g/mol. The number of nitrogens with one attached hydrogen (secondary N) is 1. The molecule has 1 aliphatic rings. The number of hydrogen-bond acceptors (Lipinski definition) is 3. The van der Waals surface area contributed by atoms with E-state index in [9.17, 15) is 14.4 Å². The van der Waals surface area contributed by atoms with Crippen LogP contribution >= 0.6 is 11.6 Å². The molecule has 0 saturated heterocycles. The number of carbonyl (C=O) groups excluding carboxylic acids is 3. The van der Waals surface area contributed by atoms with E-state index in [1.807, 2.05) is 0 Å². The maximum Gasteiger partial charge on any atom is 0.223 e.